The second kappa shape index (κ2) is 7.45. The Kier molecular flexibility index (Phi) is 5.36. The van der Waals surface area contributed by atoms with Gasteiger partial charge in [0.1, 0.15) is 17.2 Å². The molecule has 0 aliphatic carbocycles. The summed E-state index contributed by atoms with van der Waals surface area (Å²) in [4.78, 5) is 23.8. The molecule has 0 spiro atoms. The normalized spacial score (nSPS) is 10.0. The predicted molar refractivity (Wildman–Crippen MR) is 85.3 cm³/mol. The van der Waals surface area contributed by atoms with Crippen molar-refractivity contribution in [1.82, 2.24) is 0 Å². The highest BCUT2D eigenvalue weighted by atomic mass is 16.5. The molecule has 2 aromatic carbocycles. The van der Waals surface area contributed by atoms with Crippen molar-refractivity contribution in [2.24, 2.45) is 0 Å². The monoisotopic (exact) mass is 314 g/mol. The number of Topliss-reactive ketones (excluding diaryl/α,β-unsaturated/α-hetero) is 1. The van der Waals surface area contributed by atoms with Crippen molar-refractivity contribution >= 4 is 11.8 Å². The topological polar surface area (TPSA) is 61.8 Å². The molecule has 0 fully saturated rings. The van der Waals surface area contributed by atoms with Crippen molar-refractivity contribution in [2.75, 3.05) is 14.2 Å². The van der Waals surface area contributed by atoms with Crippen LogP contribution in [0.2, 0.25) is 0 Å². The first-order valence-electron chi connectivity index (χ1n) is 7.06. The zero-order valence-corrected chi connectivity index (χ0v) is 13.3. The minimum Gasteiger partial charge on any atom is -0.497 e. The summed E-state index contributed by atoms with van der Waals surface area (Å²) < 4.78 is 15.7. The lowest BCUT2D eigenvalue weighted by Gasteiger charge is -2.11. The first kappa shape index (κ1) is 16.5. The van der Waals surface area contributed by atoms with Crippen LogP contribution in [0.15, 0.2) is 42.5 Å². The number of ether oxygens (including phenoxy) is 3. The van der Waals surface area contributed by atoms with Gasteiger partial charge in [-0.05, 0) is 25.1 Å². The van der Waals surface area contributed by atoms with Crippen LogP contribution in [0, 0.1) is 0 Å². The maximum atomic E-state index is 12.2. The molecule has 0 amide bonds. The van der Waals surface area contributed by atoms with Crippen molar-refractivity contribution in [3.05, 3.63) is 53.6 Å². The van der Waals surface area contributed by atoms with Crippen molar-refractivity contribution in [3.63, 3.8) is 0 Å². The molecule has 0 radical (unpaired) electrons. The largest absolute Gasteiger partial charge is 0.497 e. The van der Waals surface area contributed by atoms with Crippen LogP contribution < -0.4 is 14.2 Å². The molecule has 0 bridgehead atoms. The maximum absolute atomic E-state index is 12.2. The minimum absolute atomic E-state index is 0.0402. The summed E-state index contributed by atoms with van der Waals surface area (Å²) in [5.74, 6) is 0.645. The highest BCUT2D eigenvalue weighted by molar-refractivity contribution is 5.97. The quantitative estimate of drug-likeness (QED) is 0.466. The number of ketones is 1. The van der Waals surface area contributed by atoms with Gasteiger partial charge in [0, 0.05) is 11.6 Å². The zero-order chi connectivity index (χ0) is 16.8. The third-order valence-electron chi connectivity index (χ3n) is 3.32. The lowest BCUT2D eigenvalue weighted by atomic mass is 10.1. The van der Waals surface area contributed by atoms with Crippen LogP contribution in [0.1, 0.15) is 22.8 Å². The number of rotatable bonds is 6. The van der Waals surface area contributed by atoms with Gasteiger partial charge < -0.3 is 14.2 Å². The van der Waals surface area contributed by atoms with Gasteiger partial charge in [0.25, 0.3) is 0 Å². The Labute approximate surface area is 134 Å². The smallest absolute Gasteiger partial charge is 0.315 e. The summed E-state index contributed by atoms with van der Waals surface area (Å²) in [5.41, 5.74) is 1.05. The van der Waals surface area contributed by atoms with Gasteiger partial charge in [-0.25, -0.2) is 0 Å². The van der Waals surface area contributed by atoms with Crippen LogP contribution in [0.4, 0.5) is 0 Å². The second-order valence-corrected chi connectivity index (χ2v) is 4.88. The Morgan fingerprint density at radius 2 is 1.70 bits per heavy atom. The Morgan fingerprint density at radius 1 is 0.957 bits per heavy atom. The van der Waals surface area contributed by atoms with E-state index in [1.807, 2.05) is 12.1 Å². The first-order chi connectivity index (χ1) is 11.0. The molecule has 0 aliphatic heterocycles. The molecule has 0 N–H and O–H groups in total. The molecule has 5 nitrogen and oxygen atoms in total. The van der Waals surface area contributed by atoms with Gasteiger partial charge in [-0.3, -0.25) is 9.59 Å². The van der Waals surface area contributed by atoms with Crippen molar-refractivity contribution < 1.29 is 23.8 Å². The van der Waals surface area contributed by atoms with E-state index >= 15 is 0 Å². The number of para-hydroxylation sites is 1. The molecule has 2 rings (SSSR count). The SMILES string of the molecule is COc1ccc(C(C)=O)c(OC(=O)Cc2ccccc2OC)c1. The summed E-state index contributed by atoms with van der Waals surface area (Å²) in [7, 11) is 3.04. The second-order valence-electron chi connectivity index (χ2n) is 4.88. The van der Waals surface area contributed by atoms with Gasteiger partial charge in [0.05, 0.1) is 26.2 Å². The lowest BCUT2D eigenvalue weighted by molar-refractivity contribution is -0.133. The lowest BCUT2D eigenvalue weighted by Crippen LogP contribution is -2.14. The van der Waals surface area contributed by atoms with E-state index in [0.717, 1.165) is 0 Å². The number of carbonyl (C=O) groups excluding carboxylic acids is 2. The van der Waals surface area contributed by atoms with Crippen LogP contribution in [0.3, 0.4) is 0 Å². The molecule has 0 saturated heterocycles. The van der Waals surface area contributed by atoms with Crippen LogP contribution >= 0.6 is 0 Å². The summed E-state index contributed by atoms with van der Waals surface area (Å²) in [6.45, 7) is 1.42. The zero-order valence-electron chi connectivity index (χ0n) is 13.3. The van der Waals surface area contributed by atoms with Crippen LogP contribution in [-0.2, 0) is 11.2 Å². The van der Waals surface area contributed by atoms with E-state index in [2.05, 4.69) is 0 Å². The number of hydrogen-bond donors (Lipinski definition) is 0. The van der Waals surface area contributed by atoms with E-state index in [0.29, 0.717) is 22.6 Å². The van der Waals surface area contributed by atoms with E-state index in [4.69, 9.17) is 14.2 Å². The number of hydrogen-bond acceptors (Lipinski definition) is 5. The van der Waals surface area contributed by atoms with Gasteiger partial charge >= 0.3 is 5.97 Å². The summed E-state index contributed by atoms with van der Waals surface area (Å²) in [5, 5.41) is 0. The van der Waals surface area contributed by atoms with Crippen LogP contribution in [0.5, 0.6) is 17.2 Å². The van der Waals surface area contributed by atoms with Gasteiger partial charge in [-0.15, -0.1) is 0 Å². The molecule has 0 atom stereocenters. The molecule has 2 aromatic rings. The predicted octanol–water partition coefficient (Wildman–Crippen LogP) is 3.05. The minimum atomic E-state index is -0.481. The summed E-state index contributed by atoms with van der Waals surface area (Å²) in [6.07, 6.45) is 0.0402. The molecule has 0 aliphatic rings. The van der Waals surface area contributed by atoms with Crippen molar-refractivity contribution in [3.8, 4) is 17.2 Å². The third-order valence-corrected chi connectivity index (χ3v) is 3.32. The first-order valence-corrected chi connectivity index (χ1v) is 7.06. The fourth-order valence-electron chi connectivity index (χ4n) is 2.17. The number of esters is 1. The molecule has 0 unspecified atom stereocenters. The fraction of sp³-hybridized carbons (Fsp3) is 0.222. The number of carbonyl (C=O) groups is 2. The Hall–Kier alpha value is -2.82. The summed E-state index contributed by atoms with van der Waals surface area (Å²) in [6, 6.07) is 12.0. The Morgan fingerprint density at radius 3 is 2.35 bits per heavy atom. The van der Waals surface area contributed by atoms with Gasteiger partial charge in [0.15, 0.2) is 5.78 Å². The van der Waals surface area contributed by atoms with Gasteiger partial charge in [-0.1, -0.05) is 18.2 Å². The molecule has 5 heteroatoms. The number of methoxy groups -OCH3 is 2. The molecule has 0 aromatic heterocycles. The molecular formula is C18H18O5. The average Bonchev–Trinajstić information content (AvgIpc) is 2.54. The van der Waals surface area contributed by atoms with E-state index in [1.165, 1.54) is 20.1 Å². The molecule has 0 saturated carbocycles. The van der Waals surface area contributed by atoms with E-state index in [1.54, 1.807) is 31.4 Å². The summed E-state index contributed by atoms with van der Waals surface area (Å²) >= 11 is 0. The van der Waals surface area contributed by atoms with Gasteiger partial charge in [0.2, 0.25) is 0 Å². The van der Waals surface area contributed by atoms with Crippen LogP contribution in [0.25, 0.3) is 0 Å². The van der Waals surface area contributed by atoms with E-state index in [-0.39, 0.29) is 18.0 Å². The number of benzene rings is 2. The highest BCUT2D eigenvalue weighted by Crippen LogP contribution is 2.26. The van der Waals surface area contributed by atoms with Crippen molar-refractivity contribution in [2.45, 2.75) is 13.3 Å². The van der Waals surface area contributed by atoms with Crippen LogP contribution in [-0.4, -0.2) is 26.0 Å². The highest BCUT2D eigenvalue weighted by Gasteiger charge is 2.15. The molecule has 120 valence electrons. The maximum Gasteiger partial charge on any atom is 0.315 e. The standard InChI is InChI=1S/C18H18O5/c1-12(19)15-9-8-14(21-2)11-17(15)23-18(20)10-13-6-4-5-7-16(13)22-3/h4-9,11H,10H2,1-3H3. The average molecular weight is 314 g/mol. The molecular weight excluding hydrogens is 296 g/mol. The Bertz CT molecular complexity index is 721. The van der Waals surface area contributed by atoms with Crippen molar-refractivity contribution in [1.29, 1.82) is 0 Å². The van der Waals surface area contributed by atoms with Gasteiger partial charge in [-0.2, -0.15) is 0 Å². The van der Waals surface area contributed by atoms with E-state index < -0.39 is 5.97 Å². The molecule has 23 heavy (non-hydrogen) atoms. The fourth-order valence-corrected chi connectivity index (χ4v) is 2.17. The van der Waals surface area contributed by atoms with E-state index in [9.17, 15) is 9.59 Å². The molecule has 0 heterocycles. The Balaban J connectivity index is 2.21. The third kappa shape index (κ3) is 4.10.